The van der Waals surface area contributed by atoms with Crippen molar-refractivity contribution in [1.29, 1.82) is 0 Å². The molecule has 0 heterocycles. The zero-order valence-electron chi connectivity index (χ0n) is 11.2. The minimum absolute atomic E-state index is 0. The van der Waals surface area contributed by atoms with Crippen LogP contribution in [-0.4, -0.2) is 12.5 Å². The van der Waals surface area contributed by atoms with Crippen molar-refractivity contribution in [1.82, 2.24) is 0 Å². The summed E-state index contributed by atoms with van der Waals surface area (Å²) in [6, 6.07) is 17.2. The maximum absolute atomic E-state index is 5.74. The number of guanidine groups is 1. The normalized spacial score (nSPS) is 10.6. The van der Waals surface area contributed by atoms with Gasteiger partial charge in [0, 0.05) is 18.3 Å². The molecule has 4 nitrogen and oxygen atoms in total. The third kappa shape index (κ3) is 5.08. The Morgan fingerprint density at radius 3 is 2.50 bits per heavy atom. The number of hydrogen-bond acceptors (Lipinski definition) is 2. The minimum Gasteiger partial charge on any atom is -0.457 e. The topological polar surface area (TPSA) is 59.6 Å². The molecule has 0 aromatic heterocycles. The molecule has 3 N–H and O–H groups in total. The van der Waals surface area contributed by atoms with E-state index in [9.17, 15) is 0 Å². The second kappa shape index (κ2) is 8.42. The molecule has 0 fully saturated rings. The Morgan fingerprint density at radius 1 is 1.10 bits per heavy atom. The number of benzene rings is 2. The van der Waals surface area contributed by atoms with Gasteiger partial charge in [0.15, 0.2) is 5.96 Å². The van der Waals surface area contributed by atoms with Crippen molar-refractivity contribution < 1.29 is 4.74 Å². The molecule has 0 amide bonds. The van der Waals surface area contributed by atoms with Gasteiger partial charge in [-0.3, -0.25) is 4.99 Å². The van der Waals surface area contributed by atoms with Crippen molar-refractivity contribution in [3.63, 3.8) is 0 Å². The smallest absolute Gasteiger partial charge is 0.193 e. The molecule has 0 aliphatic rings. The summed E-state index contributed by atoms with van der Waals surface area (Å²) >= 11 is 0. The maximum atomic E-state index is 5.74. The summed E-state index contributed by atoms with van der Waals surface area (Å²) < 4.78 is 5.74. The molecule has 20 heavy (non-hydrogen) atoms. The highest BCUT2D eigenvalue weighted by atomic mass is 127. The second-order valence-corrected chi connectivity index (χ2v) is 3.93. The number of anilines is 1. The van der Waals surface area contributed by atoms with Crippen LogP contribution in [0, 0.1) is 0 Å². The number of nitrogens with two attached hydrogens (primary N) is 1. The number of para-hydroxylation sites is 1. The average Bonchev–Trinajstić information content (AvgIpc) is 2.40. The van der Waals surface area contributed by atoms with Gasteiger partial charge >= 0.3 is 0 Å². The van der Waals surface area contributed by atoms with Crippen molar-refractivity contribution in [3.8, 4) is 11.5 Å². The van der Waals surface area contributed by atoms with Gasteiger partial charge in [-0.1, -0.05) is 24.3 Å². The van der Waals surface area contributed by atoms with Gasteiger partial charge in [0.1, 0.15) is 11.5 Å². The van der Waals surface area contributed by atoms with Gasteiger partial charge in [0.05, 0.1) is 0 Å². The predicted molar refractivity (Wildman–Crippen MR) is 94.2 cm³/mol. The lowest BCUT2D eigenvalue weighted by atomic mass is 10.3. The van der Waals surface area contributed by atoms with E-state index in [-0.39, 0.29) is 24.0 Å². The van der Waals surface area contributed by atoms with E-state index >= 15 is 0 Å². The molecule has 0 aliphatic carbocycles. The monoisotopic (exact) mass is 383 g/mol. The molecule has 0 saturated heterocycles. The molecule has 2 rings (SSSR count). The van der Waals surface area contributed by atoms with Crippen molar-refractivity contribution >= 4 is 35.6 Å². The molecule has 0 unspecified atom stereocenters. The molecule has 5 heteroatoms. The van der Waals surface area contributed by atoms with Crippen LogP contribution in [0.2, 0.25) is 0 Å². The summed E-state index contributed by atoms with van der Waals surface area (Å²) in [6.45, 7) is 2.59. The van der Waals surface area contributed by atoms with E-state index in [2.05, 4.69) is 10.3 Å². The van der Waals surface area contributed by atoms with Crippen molar-refractivity contribution in [3.05, 3.63) is 54.6 Å². The molecule has 0 saturated carbocycles. The van der Waals surface area contributed by atoms with Crippen LogP contribution in [0.5, 0.6) is 11.5 Å². The maximum Gasteiger partial charge on any atom is 0.193 e. The molecule has 106 valence electrons. The van der Waals surface area contributed by atoms with Gasteiger partial charge in [-0.2, -0.15) is 0 Å². The van der Waals surface area contributed by atoms with E-state index in [1.165, 1.54) is 0 Å². The summed E-state index contributed by atoms with van der Waals surface area (Å²) in [7, 11) is 0. The number of nitrogens with zero attached hydrogens (tertiary/aromatic N) is 1. The number of hydrogen-bond donors (Lipinski definition) is 2. The van der Waals surface area contributed by atoms with Gasteiger partial charge < -0.3 is 15.8 Å². The van der Waals surface area contributed by atoms with Crippen LogP contribution in [0.1, 0.15) is 6.92 Å². The van der Waals surface area contributed by atoms with E-state index in [1.54, 1.807) is 0 Å². The SMILES string of the molecule is CCN=C(N)Nc1cccc(Oc2ccccc2)c1.I. The Bertz CT molecular complexity index is 558. The lowest BCUT2D eigenvalue weighted by Crippen LogP contribution is -2.22. The van der Waals surface area contributed by atoms with Gasteiger partial charge in [-0.25, -0.2) is 0 Å². The lowest BCUT2D eigenvalue weighted by molar-refractivity contribution is 0.483. The van der Waals surface area contributed by atoms with E-state index in [1.807, 2.05) is 61.5 Å². The molecule has 0 atom stereocenters. The first-order valence-electron chi connectivity index (χ1n) is 6.18. The molecule has 0 radical (unpaired) electrons. The molecular formula is C15H18IN3O. The molecular weight excluding hydrogens is 365 g/mol. The zero-order valence-corrected chi connectivity index (χ0v) is 13.6. The summed E-state index contributed by atoms with van der Waals surface area (Å²) in [5.74, 6) is 1.95. The first kappa shape index (κ1) is 16.3. The molecule has 2 aromatic rings. The fourth-order valence-corrected chi connectivity index (χ4v) is 1.62. The van der Waals surface area contributed by atoms with Crippen LogP contribution in [0.4, 0.5) is 5.69 Å². The van der Waals surface area contributed by atoms with Gasteiger partial charge in [-0.05, 0) is 31.2 Å². The third-order valence-electron chi connectivity index (χ3n) is 2.41. The molecule has 0 bridgehead atoms. The van der Waals surface area contributed by atoms with Crippen LogP contribution in [0.25, 0.3) is 0 Å². The van der Waals surface area contributed by atoms with Crippen molar-refractivity contribution in [2.45, 2.75) is 6.92 Å². The Hall–Kier alpha value is -1.76. The van der Waals surface area contributed by atoms with Crippen LogP contribution in [-0.2, 0) is 0 Å². The van der Waals surface area contributed by atoms with Crippen molar-refractivity contribution in [2.24, 2.45) is 10.7 Å². The number of nitrogens with one attached hydrogen (secondary N) is 1. The zero-order chi connectivity index (χ0) is 13.5. The number of rotatable bonds is 4. The van der Waals surface area contributed by atoms with Gasteiger partial charge in [-0.15, -0.1) is 24.0 Å². The standard InChI is InChI=1S/C15H17N3O.HI/c1-2-17-15(16)18-12-7-6-10-14(11-12)19-13-8-4-3-5-9-13;/h3-11H,2H2,1H3,(H3,16,17,18);1H. The first-order chi connectivity index (χ1) is 9.28. The average molecular weight is 383 g/mol. The minimum atomic E-state index is 0. The van der Waals surface area contributed by atoms with E-state index in [4.69, 9.17) is 10.5 Å². The Labute approximate surface area is 136 Å². The van der Waals surface area contributed by atoms with E-state index in [0.29, 0.717) is 12.5 Å². The van der Waals surface area contributed by atoms with Gasteiger partial charge in [0.25, 0.3) is 0 Å². The molecule has 0 spiro atoms. The summed E-state index contributed by atoms with van der Waals surface area (Å²) in [4.78, 5) is 4.08. The Balaban J connectivity index is 0.00000200. The number of halogens is 1. The number of ether oxygens (including phenoxy) is 1. The molecule has 0 aliphatic heterocycles. The highest BCUT2D eigenvalue weighted by Gasteiger charge is 1.99. The first-order valence-corrected chi connectivity index (χ1v) is 6.18. The van der Waals surface area contributed by atoms with Gasteiger partial charge in [0.2, 0.25) is 0 Å². The highest BCUT2D eigenvalue weighted by Crippen LogP contribution is 2.23. The lowest BCUT2D eigenvalue weighted by Gasteiger charge is -2.09. The van der Waals surface area contributed by atoms with Crippen LogP contribution in [0.3, 0.4) is 0 Å². The fourth-order valence-electron chi connectivity index (χ4n) is 1.62. The summed E-state index contributed by atoms with van der Waals surface area (Å²) in [5, 5.41) is 3.02. The second-order valence-electron chi connectivity index (χ2n) is 3.93. The summed E-state index contributed by atoms with van der Waals surface area (Å²) in [6.07, 6.45) is 0. The van der Waals surface area contributed by atoms with Crippen molar-refractivity contribution in [2.75, 3.05) is 11.9 Å². The largest absolute Gasteiger partial charge is 0.457 e. The number of aliphatic imine (C=N–C) groups is 1. The van der Waals surface area contributed by atoms with Crippen LogP contribution < -0.4 is 15.8 Å². The highest BCUT2D eigenvalue weighted by molar-refractivity contribution is 14.0. The third-order valence-corrected chi connectivity index (χ3v) is 2.41. The Kier molecular flexibility index (Phi) is 6.86. The van der Waals surface area contributed by atoms with Crippen LogP contribution >= 0.6 is 24.0 Å². The van der Waals surface area contributed by atoms with Crippen LogP contribution in [0.15, 0.2) is 59.6 Å². The van der Waals surface area contributed by atoms with E-state index < -0.39 is 0 Å². The predicted octanol–water partition coefficient (Wildman–Crippen LogP) is 3.84. The summed E-state index contributed by atoms with van der Waals surface area (Å²) in [5.41, 5.74) is 6.57. The van der Waals surface area contributed by atoms with E-state index in [0.717, 1.165) is 17.2 Å². The fraction of sp³-hybridized carbons (Fsp3) is 0.133. The Morgan fingerprint density at radius 2 is 1.80 bits per heavy atom. The molecule has 2 aromatic carbocycles. The quantitative estimate of drug-likeness (QED) is 0.479.